The fourth-order valence-corrected chi connectivity index (χ4v) is 5.56. The van der Waals surface area contributed by atoms with Crippen molar-refractivity contribution < 1.29 is 23.9 Å². The van der Waals surface area contributed by atoms with Crippen LogP contribution < -0.4 is 10.2 Å². The molecule has 1 aliphatic heterocycles. The predicted molar refractivity (Wildman–Crippen MR) is 160 cm³/mol. The number of rotatable bonds is 7. The molecule has 1 saturated heterocycles. The van der Waals surface area contributed by atoms with E-state index in [1.807, 2.05) is 41.3 Å². The van der Waals surface area contributed by atoms with Crippen LogP contribution in [0, 0.1) is 0 Å². The Kier molecular flexibility index (Phi) is 8.47. The molecule has 0 radical (unpaired) electrons. The number of alkyl carbamates (subject to hydrolysis) is 1. The van der Waals surface area contributed by atoms with E-state index in [4.69, 9.17) is 9.47 Å². The normalized spacial score (nSPS) is 15.4. The second-order valence-corrected chi connectivity index (χ2v) is 11.8. The third-order valence-electron chi connectivity index (χ3n) is 7.62. The summed E-state index contributed by atoms with van der Waals surface area (Å²) in [5.74, 6) is 0.257. The zero-order valence-electron chi connectivity index (χ0n) is 24.6. The van der Waals surface area contributed by atoms with Gasteiger partial charge >= 0.3 is 12.1 Å². The quantitative estimate of drug-likeness (QED) is 0.416. The van der Waals surface area contributed by atoms with Crippen molar-refractivity contribution in [3.05, 3.63) is 83.6 Å². The van der Waals surface area contributed by atoms with Gasteiger partial charge in [-0.15, -0.1) is 0 Å². The van der Waals surface area contributed by atoms with E-state index in [1.165, 1.54) is 0 Å². The smallest absolute Gasteiger partial charge is 0.407 e. The highest BCUT2D eigenvalue weighted by Crippen LogP contribution is 2.44. The second-order valence-electron chi connectivity index (χ2n) is 11.8. The average Bonchev–Trinajstić information content (AvgIpc) is 3.29. The number of amides is 2. The van der Waals surface area contributed by atoms with Gasteiger partial charge in [-0.25, -0.2) is 14.6 Å². The van der Waals surface area contributed by atoms with Crippen LogP contribution in [0.15, 0.2) is 66.9 Å². The summed E-state index contributed by atoms with van der Waals surface area (Å²) in [4.78, 5) is 46.3. The Balaban J connectivity index is 1.24. The molecule has 1 aliphatic carbocycles. The van der Waals surface area contributed by atoms with Crippen LogP contribution in [-0.4, -0.2) is 72.3 Å². The van der Waals surface area contributed by atoms with Gasteiger partial charge in [-0.3, -0.25) is 4.79 Å². The number of benzene rings is 2. The van der Waals surface area contributed by atoms with E-state index in [0.29, 0.717) is 26.2 Å². The number of ether oxygens (including phenoxy) is 2. The second kappa shape index (κ2) is 12.2. The molecule has 1 N–H and O–H groups in total. The highest BCUT2D eigenvalue weighted by atomic mass is 16.6. The minimum Gasteiger partial charge on any atom is -0.458 e. The van der Waals surface area contributed by atoms with Crippen molar-refractivity contribution in [2.24, 2.45) is 0 Å². The molecule has 1 fully saturated rings. The Labute approximate surface area is 246 Å². The monoisotopic (exact) mass is 570 g/mol. The number of fused-ring (bicyclic) bond motifs is 3. The van der Waals surface area contributed by atoms with Gasteiger partial charge in [-0.1, -0.05) is 54.6 Å². The maximum Gasteiger partial charge on any atom is 0.407 e. The third-order valence-corrected chi connectivity index (χ3v) is 7.62. The number of nitrogens with one attached hydrogen (secondary N) is 1. The molecule has 0 spiro atoms. The number of hydrogen-bond donors (Lipinski definition) is 1. The number of anilines is 1. The van der Waals surface area contributed by atoms with Crippen molar-refractivity contribution in [3.8, 4) is 11.1 Å². The van der Waals surface area contributed by atoms with Gasteiger partial charge in [0.15, 0.2) is 0 Å². The van der Waals surface area contributed by atoms with Gasteiger partial charge in [0.2, 0.25) is 5.91 Å². The lowest BCUT2D eigenvalue weighted by Crippen LogP contribution is -2.48. The first-order valence-corrected chi connectivity index (χ1v) is 14.4. The first-order chi connectivity index (χ1) is 20.1. The summed E-state index contributed by atoms with van der Waals surface area (Å²) in [6.07, 6.45) is 1.23. The average molecular weight is 571 g/mol. The van der Waals surface area contributed by atoms with E-state index in [2.05, 4.69) is 39.5 Å². The molecule has 2 aliphatic rings. The SMILES string of the molecule is CC(=O)N1CCN(c2ccc(C[C@H](NC(=O)OCC3c4ccccc4-c4ccccc43)C(=O)OC(C)(C)C)cn2)CC1. The summed E-state index contributed by atoms with van der Waals surface area (Å²) in [7, 11) is 0. The Morgan fingerprint density at radius 1 is 0.929 bits per heavy atom. The van der Waals surface area contributed by atoms with Crippen LogP contribution in [0.4, 0.5) is 10.6 Å². The standard InChI is InChI=1S/C33H38N4O5/c1-22(38)36-15-17-37(18-16-36)30-14-13-23(20-34-30)19-29(31(39)42-33(2,3)4)35-32(40)41-21-28-26-11-7-5-9-24(26)25-10-6-8-12-27(25)28/h5-14,20,28-29H,15-19,21H2,1-4H3,(H,35,40)/t29-/m0/s1. The lowest BCUT2D eigenvalue weighted by atomic mass is 9.98. The largest absolute Gasteiger partial charge is 0.458 e. The third kappa shape index (κ3) is 6.73. The molecule has 1 atom stereocenters. The van der Waals surface area contributed by atoms with E-state index in [0.717, 1.165) is 33.6 Å². The van der Waals surface area contributed by atoms with Crippen LogP contribution in [0.25, 0.3) is 11.1 Å². The van der Waals surface area contributed by atoms with E-state index in [-0.39, 0.29) is 24.9 Å². The highest BCUT2D eigenvalue weighted by Gasteiger charge is 2.31. The summed E-state index contributed by atoms with van der Waals surface area (Å²) < 4.78 is 11.3. The van der Waals surface area contributed by atoms with Crippen LogP contribution in [0.1, 0.15) is 50.3 Å². The minimum atomic E-state index is -0.952. The Morgan fingerprint density at radius 3 is 2.10 bits per heavy atom. The number of nitrogens with zero attached hydrogens (tertiary/aromatic N) is 3. The lowest BCUT2D eigenvalue weighted by Gasteiger charge is -2.34. The molecule has 9 heteroatoms. The Morgan fingerprint density at radius 2 is 1.55 bits per heavy atom. The van der Waals surface area contributed by atoms with E-state index in [1.54, 1.807) is 33.9 Å². The molecule has 0 saturated carbocycles. The fraction of sp³-hybridized carbons (Fsp3) is 0.394. The summed E-state index contributed by atoms with van der Waals surface area (Å²) in [5, 5.41) is 2.74. The van der Waals surface area contributed by atoms with Crippen LogP contribution in [0.3, 0.4) is 0 Å². The van der Waals surface area contributed by atoms with Gasteiger partial charge in [0.25, 0.3) is 0 Å². The minimum absolute atomic E-state index is 0.0787. The maximum atomic E-state index is 13.1. The van der Waals surface area contributed by atoms with Crippen LogP contribution >= 0.6 is 0 Å². The van der Waals surface area contributed by atoms with Gasteiger partial charge in [-0.05, 0) is 54.7 Å². The van der Waals surface area contributed by atoms with Crippen LogP contribution in [0.2, 0.25) is 0 Å². The van der Waals surface area contributed by atoms with Crippen LogP contribution in [0.5, 0.6) is 0 Å². The molecule has 220 valence electrons. The molecule has 0 unspecified atom stereocenters. The number of carbonyl (C=O) groups excluding carboxylic acids is 3. The highest BCUT2D eigenvalue weighted by molar-refractivity contribution is 5.82. The molecule has 2 aromatic carbocycles. The first-order valence-electron chi connectivity index (χ1n) is 14.4. The van der Waals surface area contributed by atoms with E-state index in [9.17, 15) is 14.4 Å². The molecule has 0 bridgehead atoms. The van der Waals surface area contributed by atoms with Crippen molar-refractivity contribution >= 4 is 23.8 Å². The number of aromatic nitrogens is 1. The molecule has 1 aromatic heterocycles. The molecule has 2 heterocycles. The van der Waals surface area contributed by atoms with Gasteiger partial charge < -0.3 is 24.6 Å². The Bertz CT molecular complexity index is 1400. The molecular formula is C33H38N4O5. The zero-order chi connectivity index (χ0) is 29.9. The number of pyridine rings is 1. The van der Waals surface area contributed by atoms with Crippen LogP contribution in [-0.2, 0) is 25.5 Å². The summed E-state index contributed by atoms with van der Waals surface area (Å²) >= 11 is 0. The van der Waals surface area contributed by atoms with E-state index >= 15 is 0 Å². The van der Waals surface area contributed by atoms with Crippen molar-refractivity contribution in [2.75, 3.05) is 37.7 Å². The van der Waals surface area contributed by atoms with Crippen molar-refractivity contribution in [2.45, 2.75) is 51.7 Å². The zero-order valence-corrected chi connectivity index (χ0v) is 24.6. The summed E-state index contributed by atoms with van der Waals surface area (Å²) in [6, 6.07) is 19.1. The summed E-state index contributed by atoms with van der Waals surface area (Å²) in [5.41, 5.74) is 4.57. The molecule has 9 nitrogen and oxygen atoms in total. The Hall–Kier alpha value is -4.40. The molecule has 5 rings (SSSR count). The van der Waals surface area contributed by atoms with Crippen molar-refractivity contribution in [1.29, 1.82) is 0 Å². The van der Waals surface area contributed by atoms with Gasteiger partial charge in [0, 0.05) is 51.6 Å². The number of esters is 1. The van der Waals surface area contributed by atoms with E-state index < -0.39 is 23.7 Å². The first kappa shape index (κ1) is 29.1. The molecule has 3 aromatic rings. The topological polar surface area (TPSA) is 101 Å². The van der Waals surface area contributed by atoms with Gasteiger partial charge in [0.1, 0.15) is 24.1 Å². The summed E-state index contributed by atoms with van der Waals surface area (Å²) in [6.45, 7) is 9.82. The molecule has 2 amide bonds. The molecular weight excluding hydrogens is 532 g/mol. The van der Waals surface area contributed by atoms with Crippen molar-refractivity contribution in [3.63, 3.8) is 0 Å². The number of hydrogen-bond acceptors (Lipinski definition) is 7. The maximum absolute atomic E-state index is 13.1. The number of carbonyl (C=O) groups is 3. The predicted octanol–water partition coefficient (Wildman–Crippen LogP) is 4.54. The van der Waals surface area contributed by atoms with Gasteiger partial charge in [0.05, 0.1) is 0 Å². The van der Waals surface area contributed by atoms with Gasteiger partial charge in [-0.2, -0.15) is 0 Å². The van der Waals surface area contributed by atoms with Crippen molar-refractivity contribution in [1.82, 2.24) is 15.2 Å². The fourth-order valence-electron chi connectivity index (χ4n) is 5.56. The molecule has 42 heavy (non-hydrogen) atoms. The lowest BCUT2D eigenvalue weighted by molar-refractivity contribution is -0.157. The number of piperazine rings is 1.